The highest BCUT2D eigenvalue weighted by Gasteiger charge is 2.37. The first kappa shape index (κ1) is 17.7. The van der Waals surface area contributed by atoms with Crippen LogP contribution in [-0.2, 0) is 14.8 Å². The van der Waals surface area contributed by atoms with Gasteiger partial charge in [-0.1, -0.05) is 36.8 Å². The minimum absolute atomic E-state index is 0.202. The third kappa shape index (κ3) is 3.45. The number of aromatic amines is 1. The molecule has 0 saturated carbocycles. The number of benzene rings is 2. The van der Waals surface area contributed by atoms with Crippen LogP contribution in [0.1, 0.15) is 19.3 Å². The van der Waals surface area contributed by atoms with E-state index in [1.54, 1.807) is 30.3 Å². The first-order chi connectivity index (χ1) is 13.1. The largest absolute Gasteiger partial charge is 0.324 e. The van der Waals surface area contributed by atoms with E-state index in [4.69, 9.17) is 0 Å². The van der Waals surface area contributed by atoms with Crippen molar-refractivity contribution in [3.63, 3.8) is 0 Å². The fraction of sp³-hybridized carbons (Fsp3) is 0.263. The quantitative estimate of drug-likeness (QED) is 0.723. The molecule has 1 saturated heterocycles. The van der Waals surface area contributed by atoms with Crippen LogP contribution in [0.4, 0.5) is 5.95 Å². The number of amides is 1. The molecule has 0 radical (unpaired) electrons. The van der Waals surface area contributed by atoms with E-state index in [-0.39, 0.29) is 10.8 Å². The van der Waals surface area contributed by atoms with E-state index < -0.39 is 16.1 Å². The monoisotopic (exact) mass is 384 g/mol. The van der Waals surface area contributed by atoms with Crippen molar-refractivity contribution in [3.05, 3.63) is 54.6 Å². The molecule has 0 bridgehead atoms. The van der Waals surface area contributed by atoms with Gasteiger partial charge in [0.25, 0.3) is 0 Å². The summed E-state index contributed by atoms with van der Waals surface area (Å²) in [5.74, 6) is -0.0444. The van der Waals surface area contributed by atoms with Gasteiger partial charge in [0.05, 0.1) is 15.9 Å². The van der Waals surface area contributed by atoms with Gasteiger partial charge < -0.3 is 4.98 Å². The lowest BCUT2D eigenvalue weighted by molar-refractivity contribution is -0.120. The van der Waals surface area contributed by atoms with Gasteiger partial charge in [-0.05, 0) is 37.1 Å². The van der Waals surface area contributed by atoms with Crippen molar-refractivity contribution in [2.75, 3.05) is 11.9 Å². The van der Waals surface area contributed by atoms with Gasteiger partial charge in [0.1, 0.15) is 6.04 Å². The SMILES string of the molecule is O=C(Nc1nc2ccccc2[nH]1)[C@H]1CCCCN1S(=O)(=O)c1ccccc1. The molecule has 4 rings (SSSR count). The number of fused-ring (bicyclic) bond motifs is 1. The Balaban J connectivity index is 1.59. The average Bonchev–Trinajstić information content (AvgIpc) is 3.11. The minimum Gasteiger partial charge on any atom is -0.324 e. The molecule has 1 atom stereocenters. The van der Waals surface area contributed by atoms with E-state index in [9.17, 15) is 13.2 Å². The number of sulfonamides is 1. The Hall–Kier alpha value is -2.71. The number of nitrogens with zero attached hydrogens (tertiary/aromatic N) is 2. The lowest BCUT2D eigenvalue weighted by Gasteiger charge is -2.33. The van der Waals surface area contributed by atoms with Crippen molar-refractivity contribution in [1.29, 1.82) is 0 Å². The van der Waals surface area contributed by atoms with E-state index in [1.807, 2.05) is 24.3 Å². The number of para-hydroxylation sites is 2. The molecule has 0 unspecified atom stereocenters. The molecular formula is C19H20N4O3S. The van der Waals surface area contributed by atoms with Gasteiger partial charge in [-0.25, -0.2) is 13.4 Å². The van der Waals surface area contributed by atoms with E-state index >= 15 is 0 Å². The van der Waals surface area contributed by atoms with E-state index in [1.165, 1.54) is 4.31 Å². The molecule has 0 spiro atoms. The summed E-state index contributed by atoms with van der Waals surface area (Å²) in [7, 11) is -3.73. The van der Waals surface area contributed by atoms with Crippen molar-refractivity contribution in [2.45, 2.75) is 30.2 Å². The molecule has 2 aromatic carbocycles. The summed E-state index contributed by atoms with van der Waals surface area (Å²) in [5.41, 5.74) is 1.55. The second-order valence-electron chi connectivity index (χ2n) is 6.53. The van der Waals surface area contributed by atoms with Crippen LogP contribution in [0.5, 0.6) is 0 Å². The smallest absolute Gasteiger partial charge is 0.245 e. The van der Waals surface area contributed by atoms with Crippen LogP contribution in [0.3, 0.4) is 0 Å². The Bertz CT molecular complexity index is 1030. The molecule has 7 nitrogen and oxygen atoms in total. The summed E-state index contributed by atoms with van der Waals surface area (Å²) in [6.07, 6.45) is 2.03. The highest BCUT2D eigenvalue weighted by molar-refractivity contribution is 7.89. The predicted molar refractivity (Wildman–Crippen MR) is 103 cm³/mol. The summed E-state index contributed by atoms with van der Waals surface area (Å²) in [6, 6.07) is 14.9. The first-order valence-corrected chi connectivity index (χ1v) is 10.3. The second-order valence-corrected chi connectivity index (χ2v) is 8.42. The Labute approximate surface area is 157 Å². The zero-order valence-corrected chi connectivity index (χ0v) is 15.4. The fourth-order valence-electron chi connectivity index (χ4n) is 3.39. The maximum absolute atomic E-state index is 13.0. The Morgan fingerprint density at radius 3 is 2.59 bits per heavy atom. The molecule has 3 aromatic rings. The Morgan fingerprint density at radius 2 is 1.81 bits per heavy atom. The summed E-state index contributed by atoms with van der Waals surface area (Å²) in [5, 5.41) is 2.74. The van der Waals surface area contributed by atoms with E-state index in [2.05, 4.69) is 15.3 Å². The average molecular weight is 384 g/mol. The normalized spacial score (nSPS) is 18.4. The predicted octanol–water partition coefficient (Wildman–Crippen LogP) is 2.74. The minimum atomic E-state index is -3.73. The van der Waals surface area contributed by atoms with Crippen LogP contribution < -0.4 is 5.32 Å². The molecule has 1 amide bonds. The number of nitrogens with one attached hydrogen (secondary N) is 2. The summed E-state index contributed by atoms with van der Waals surface area (Å²) < 4.78 is 27.3. The summed E-state index contributed by atoms with van der Waals surface area (Å²) in [6.45, 7) is 0.329. The zero-order valence-electron chi connectivity index (χ0n) is 14.6. The van der Waals surface area contributed by atoms with Crippen molar-refractivity contribution in [2.24, 2.45) is 0 Å². The van der Waals surface area contributed by atoms with Crippen molar-refractivity contribution < 1.29 is 13.2 Å². The molecule has 1 fully saturated rings. The van der Waals surface area contributed by atoms with Gasteiger partial charge in [-0.15, -0.1) is 0 Å². The van der Waals surface area contributed by atoms with Crippen molar-refractivity contribution in [3.8, 4) is 0 Å². The third-order valence-electron chi connectivity index (χ3n) is 4.74. The molecule has 2 heterocycles. The summed E-state index contributed by atoms with van der Waals surface area (Å²) >= 11 is 0. The zero-order chi connectivity index (χ0) is 18.9. The van der Waals surface area contributed by atoms with Crippen LogP contribution >= 0.6 is 0 Å². The fourth-order valence-corrected chi connectivity index (χ4v) is 5.07. The van der Waals surface area contributed by atoms with Gasteiger partial charge in [-0.3, -0.25) is 10.1 Å². The molecule has 0 aliphatic carbocycles. The number of anilines is 1. The van der Waals surface area contributed by atoms with E-state index in [0.717, 1.165) is 23.9 Å². The van der Waals surface area contributed by atoms with E-state index in [0.29, 0.717) is 18.9 Å². The van der Waals surface area contributed by atoms with Gasteiger partial charge in [0.15, 0.2) is 0 Å². The lowest BCUT2D eigenvalue weighted by atomic mass is 10.0. The Morgan fingerprint density at radius 1 is 1.07 bits per heavy atom. The second kappa shape index (κ2) is 7.13. The molecule has 1 aliphatic heterocycles. The van der Waals surface area contributed by atoms with Crippen LogP contribution in [-0.4, -0.2) is 41.2 Å². The molecule has 1 aromatic heterocycles. The standard InChI is InChI=1S/C19H20N4O3S/c24-18(22-19-20-15-10-4-5-11-16(15)21-19)17-12-6-7-13-23(17)27(25,26)14-8-2-1-3-9-14/h1-5,8-11,17H,6-7,12-13H2,(H2,20,21,22,24)/t17-/m1/s1. The number of hydrogen-bond donors (Lipinski definition) is 2. The number of carbonyl (C=O) groups excluding carboxylic acids is 1. The van der Waals surface area contributed by atoms with Crippen LogP contribution in [0.15, 0.2) is 59.5 Å². The number of piperidine rings is 1. The number of carbonyl (C=O) groups is 1. The molecule has 2 N–H and O–H groups in total. The molecule has 27 heavy (non-hydrogen) atoms. The van der Waals surface area contributed by atoms with Gasteiger partial charge in [0.2, 0.25) is 21.9 Å². The molecular weight excluding hydrogens is 364 g/mol. The lowest BCUT2D eigenvalue weighted by Crippen LogP contribution is -2.49. The van der Waals surface area contributed by atoms with Gasteiger partial charge in [0, 0.05) is 6.54 Å². The molecule has 8 heteroatoms. The Kier molecular flexibility index (Phi) is 4.67. The van der Waals surface area contributed by atoms with Gasteiger partial charge >= 0.3 is 0 Å². The third-order valence-corrected chi connectivity index (χ3v) is 6.66. The number of imidazole rings is 1. The number of aromatic nitrogens is 2. The van der Waals surface area contributed by atoms with Crippen LogP contribution in [0.25, 0.3) is 11.0 Å². The number of rotatable bonds is 4. The maximum atomic E-state index is 13.0. The van der Waals surface area contributed by atoms with Crippen LogP contribution in [0.2, 0.25) is 0 Å². The van der Waals surface area contributed by atoms with Gasteiger partial charge in [-0.2, -0.15) is 4.31 Å². The highest BCUT2D eigenvalue weighted by atomic mass is 32.2. The molecule has 140 valence electrons. The number of H-pyrrole nitrogens is 1. The highest BCUT2D eigenvalue weighted by Crippen LogP contribution is 2.26. The summed E-state index contributed by atoms with van der Waals surface area (Å²) in [4.78, 5) is 20.4. The first-order valence-electron chi connectivity index (χ1n) is 8.88. The van der Waals surface area contributed by atoms with Crippen LogP contribution in [0, 0.1) is 0 Å². The number of hydrogen-bond acceptors (Lipinski definition) is 4. The van der Waals surface area contributed by atoms with Crippen molar-refractivity contribution >= 4 is 32.9 Å². The maximum Gasteiger partial charge on any atom is 0.245 e. The van der Waals surface area contributed by atoms with Crippen molar-refractivity contribution in [1.82, 2.24) is 14.3 Å². The topological polar surface area (TPSA) is 95.2 Å². The molecule has 1 aliphatic rings.